The summed E-state index contributed by atoms with van der Waals surface area (Å²) in [6.45, 7) is 4.63. The minimum atomic E-state index is 0.203. The van der Waals surface area contributed by atoms with E-state index < -0.39 is 0 Å². The highest BCUT2D eigenvalue weighted by atomic mass is 32.2. The van der Waals surface area contributed by atoms with Crippen LogP contribution in [0.1, 0.15) is 19.3 Å². The van der Waals surface area contributed by atoms with Gasteiger partial charge in [-0.05, 0) is 31.1 Å². The molecule has 2 heterocycles. The van der Waals surface area contributed by atoms with Gasteiger partial charge in [0.25, 0.3) is 0 Å². The molecule has 4 rings (SSSR count). The monoisotopic (exact) mass is 234 g/mol. The number of amidine groups is 1. The highest BCUT2D eigenvalue weighted by Gasteiger charge is 2.55. The summed E-state index contributed by atoms with van der Waals surface area (Å²) < 4.78 is 0. The number of carbonyl (C=O) groups excluding carboxylic acids is 1. The number of fused-ring (bicyclic) bond motifs is 6. The minimum Gasteiger partial charge on any atom is -0.286 e. The van der Waals surface area contributed by atoms with Gasteiger partial charge < -0.3 is 0 Å². The summed E-state index contributed by atoms with van der Waals surface area (Å²) in [5, 5.41) is 0.920. The van der Waals surface area contributed by atoms with E-state index in [-0.39, 0.29) is 5.92 Å². The second-order valence-corrected chi connectivity index (χ2v) is 6.47. The molecule has 2 bridgehead atoms. The molecule has 0 N–H and O–H groups in total. The van der Waals surface area contributed by atoms with Crippen LogP contribution in [0.3, 0.4) is 0 Å². The highest BCUT2D eigenvalue weighted by molar-refractivity contribution is 8.17. The molecule has 0 radical (unpaired) electrons. The van der Waals surface area contributed by atoms with Crippen molar-refractivity contribution < 1.29 is 4.79 Å². The number of rotatable bonds is 0. The first-order chi connectivity index (χ1) is 7.74. The van der Waals surface area contributed by atoms with Crippen molar-refractivity contribution in [1.29, 1.82) is 0 Å². The largest absolute Gasteiger partial charge is 0.286 e. The molecule has 4 aliphatic rings. The molecule has 0 aromatic carbocycles. The second kappa shape index (κ2) is 2.92. The number of nitrogens with zero attached hydrogens (tertiary/aromatic N) is 2. The fraction of sp³-hybridized carbons (Fsp3) is 0.667. The standard InChI is InChI=1S/C12H14N2OS/c1-6-5-14-11(15)9-7-2-3-8(4-7)10(9)13-12(14)16-6/h7-10H,1-5H2/t7-,8+,9+,10-/m0/s1. The van der Waals surface area contributed by atoms with Crippen molar-refractivity contribution in [2.45, 2.75) is 25.3 Å². The molecular formula is C12H14N2OS. The number of aliphatic imine (C=N–C) groups is 1. The van der Waals surface area contributed by atoms with Crippen LogP contribution in [-0.2, 0) is 4.79 Å². The Labute approximate surface area is 99.0 Å². The Morgan fingerprint density at radius 1 is 1.38 bits per heavy atom. The van der Waals surface area contributed by atoms with Crippen molar-refractivity contribution in [2.75, 3.05) is 6.54 Å². The summed E-state index contributed by atoms with van der Waals surface area (Å²) in [5.41, 5.74) is 0. The first kappa shape index (κ1) is 9.28. The third kappa shape index (κ3) is 1.01. The van der Waals surface area contributed by atoms with Gasteiger partial charge in [0.05, 0.1) is 18.5 Å². The fourth-order valence-corrected chi connectivity index (χ4v) is 4.72. The van der Waals surface area contributed by atoms with Crippen LogP contribution >= 0.6 is 11.8 Å². The zero-order chi connectivity index (χ0) is 10.9. The quantitative estimate of drug-likeness (QED) is 0.641. The zero-order valence-electron chi connectivity index (χ0n) is 9.06. The van der Waals surface area contributed by atoms with Crippen LogP contribution in [0.15, 0.2) is 16.5 Å². The van der Waals surface area contributed by atoms with Crippen LogP contribution in [0.5, 0.6) is 0 Å². The van der Waals surface area contributed by atoms with Gasteiger partial charge in [-0.1, -0.05) is 18.3 Å². The molecule has 0 aromatic rings. The molecule has 4 heteroatoms. The van der Waals surface area contributed by atoms with E-state index in [0.717, 1.165) is 10.1 Å². The van der Waals surface area contributed by atoms with E-state index >= 15 is 0 Å². The van der Waals surface area contributed by atoms with Crippen molar-refractivity contribution in [1.82, 2.24) is 4.90 Å². The molecule has 3 nitrogen and oxygen atoms in total. The summed E-state index contributed by atoms with van der Waals surface area (Å²) in [6.07, 6.45) is 3.75. The van der Waals surface area contributed by atoms with Gasteiger partial charge in [-0.15, -0.1) is 0 Å². The van der Waals surface area contributed by atoms with Gasteiger partial charge in [-0.25, -0.2) is 0 Å². The van der Waals surface area contributed by atoms with E-state index in [4.69, 9.17) is 4.99 Å². The lowest BCUT2D eigenvalue weighted by molar-refractivity contribution is -0.134. The topological polar surface area (TPSA) is 32.7 Å². The first-order valence-corrected chi connectivity index (χ1v) is 6.80. The Morgan fingerprint density at radius 2 is 2.19 bits per heavy atom. The Kier molecular flexibility index (Phi) is 1.69. The lowest BCUT2D eigenvalue weighted by Gasteiger charge is -2.34. The Balaban J connectivity index is 1.78. The molecular weight excluding hydrogens is 220 g/mol. The molecule has 84 valence electrons. The summed E-state index contributed by atoms with van der Waals surface area (Å²) in [7, 11) is 0. The summed E-state index contributed by atoms with van der Waals surface area (Å²) >= 11 is 1.59. The molecule has 4 atom stereocenters. The van der Waals surface area contributed by atoms with Crippen LogP contribution in [-0.4, -0.2) is 28.6 Å². The van der Waals surface area contributed by atoms with Crippen molar-refractivity contribution in [3.05, 3.63) is 11.5 Å². The molecule has 2 aliphatic carbocycles. The molecule has 2 saturated carbocycles. The number of carbonyl (C=O) groups is 1. The minimum absolute atomic E-state index is 0.203. The van der Waals surface area contributed by atoms with Gasteiger partial charge in [0.1, 0.15) is 0 Å². The Morgan fingerprint density at radius 3 is 3.06 bits per heavy atom. The van der Waals surface area contributed by atoms with Crippen molar-refractivity contribution in [2.24, 2.45) is 22.7 Å². The van der Waals surface area contributed by atoms with E-state index in [2.05, 4.69) is 6.58 Å². The van der Waals surface area contributed by atoms with Crippen LogP contribution < -0.4 is 0 Å². The predicted octanol–water partition coefficient (Wildman–Crippen LogP) is 1.86. The molecule has 16 heavy (non-hydrogen) atoms. The number of hydrogen-bond acceptors (Lipinski definition) is 3. The summed E-state index contributed by atoms with van der Waals surface area (Å²) in [6, 6.07) is 0.302. The lowest BCUT2D eigenvalue weighted by Crippen LogP contribution is -2.48. The van der Waals surface area contributed by atoms with E-state index in [1.54, 1.807) is 11.8 Å². The van der Waals surface area contributed by atoms with Gasteiger partial charge in [-0.2, -0.15) is 0 Å². The molecule has 1 amide bonds. The normalized spacial score (nSPS) is 44.8. The van der Waals surface area contributed by atoms with Gasteiger partial charge in [0.15, 0.2) is 5.17 Å². The van der Waals surface area contributed by atoms with Gasteiger partial charge in [0, 0.05) is 4.91 Å². The highest BCUT2D eigenvalue weighted by Crippen LogP contribution is 2.53. The molecule has 0 unspecified atom stereocenters. The molecule has 0 aromatic heterocycles. The van der Waals surface area contributed by atoms with Gasteiger partial charge in [0.2, 0.25) is 5.91 Å². The van der Waals surface area contributed by atoms with Crippen LogP contribution in [0.2, 0.25) is 0 Å². The predicted molar refractivity (Wildman–Crippen MR) is 64.0 cm³/mol. The van der Waals surface area contributed by atoms with E-state index in [1.165, 1.54) is 19.3 Å². The molecule has 2 aliphatic heterocycles. The first-order valence-electron chi connectivity index (χ1n) is 5.99. The second-order valence-electron chi connectivity index (χ2n) is 5.33. The lowest BCUT2D eigenvalue weighted by atomic mass is 9.83. The third-order valence-electron chi connectivity index (χ3n) is 4.48. The van der Waals surface area contributed by atoms with Crippen molar-refractivity contribution >= 4 is 22.8 Å². The maximum Gasteiger partial charge on any atom is 0.234 e. The van der Waals surface area contributed by atoms with Crippen molar-refractivity contribution in [3.8, 4) is 0 Å². The fourth-order valence-electron chi connectivity index (χ4n) is 3.83. The number of hydrogen-bond donors (Lipinski definition) is 0. The average Bonchev–Trinajstić information content (AvgIpc) is 2.90. The summed E-state index contributed by atoms with van der Waals surface area (Å²) in [5.74, 6) is 1.83. The Bertz CT molecular complexity index is 431. The number of amides is 1. The van der Waals surface area contributed by atoms with E-state index in [9.17, 15) is 4.79 Å². The maximum atomic E-state index is 12.4. The van der Waals surface area contributed by atoms with Crippen LogP contribution in [0.25, 0.3) is 0 Å². The van der Waals surface area contributed by atoms with Crippen molar-refractivity contribution in [3.63, 3.8) is 0 Å². The molecule has 1 saturated heterocycles. The van der Waals surface area contributed by atoms with Gasteiger partial charge >= 0.3 is 0 Å². The van der Waals surface area contributed by atoms with Crippen LogP contribution in [0.4, 0.5) is 0 Å². The van der Waals surface area contributed by atoms with Gasteiger partial charge in [-0.3, -0.25) is 14.7 Å². The van der Waals surface area contributed by atoms with E-state index in [1.807, 2.05) is 4.90 Å². The zero-order valence-corrected chi connectivity index (χ0v) is 9.87. The van der Waals surface area contributed by atoms with E-state index in [0.29, 0.717) is 30.3 Å². The SMILES string of the molecule is C=C1CN2C(=O)[C@@H]3[C@H]4CC[C@H](C4)[C@@H]3N=C2S1. The third-order valence-corrected chi connectivity index (χ3v) is 5.41. The molecule has 0 spiro atoms. The number of thioether (sulfide) groups is 1. The Hall–Kier alpha value is -0.770. The molecule has 3 fully saturated rings. The summed E-state index contributed by atoms with van der Waals surface area (Å²) in [4.78, 5) is 20.1. The maximum absolute atomic E-state index is 12.4. The average molecular weight is 234 g/mol. The smallest absolute Gasteiger partial charge is 0.234 e. The van der Waals surface area contributed by atoms with Crippen LogP contribution in [0, 0.1) is 17.8 Å².